The van der Waals surface area contributed by atoms with E-state index in [-0.39, 0.29) is 18.0 Å². The third-order valence-electron chi connectivity index (χ3n) is 6.51. The maximum Gasteiger partial charge on any atom is 0.331 e. The van der Waals surface area contributed by atoms with E-state index in [1.807, 2.05) is 61.5 Å². The van der Waals surface area contributed by atoms with Crippen molar-refractivity contribution >= 4 is 50.6 Å². The Balaban J connectivity index is 1.32. The van der Waals surface area contributed by atoms with E-state index in [4.69, 9.17) is 4.74 Å². The molecule has 2 aromatic carbocycles. The molecule has 0 saturated carbocycles. The summed E-state index contributed by atoms with van der Waals surface area (Å²) in [6.07, 6.45) is 3.84. The Morgan fingerprint density at radius 2 is 2.03 bits per heavy atom. The minimum Gasteiger partial charge on any atom is -0.457 e. The van der Waals surface area contributed by atoms with Crippen LogP contribution in [0.3, 0.4) is 0 Å². The topological polar surface area (TPSA) is 95.6 Å². The fourth-order valence-corrected chi connectivity index (χ4v) is 5.81. The second kappa shape index (κ2) is 9.25. The number of hydrogen-bond donors (Lipinski definition) is 3. The maximum atomic E-state index is 13.4. The number of pyridine rings is 1. The number of nitrogens with zero attached hydrogens (tertiary/aromatic N) is 2. The monoisotopic (exact) mass is 499 g/mol. The number of ether oxygens (including phenoxy) is 1. The Kier molecular flexibility index (Phi) is 5.79. The summed E-state index contributed by atoms with van der Waals surface area (Å²) in [5.41, 5.74) is 2.84. The van der Waals surface area contributed by atoms with Crippen LogP contribution in [0.1, 0.15) is 28.1 Å². The molecular weight excluding hydrogens is 474 g/mol. The van der Waals surface area contributed by atoms with Crippen LogP contribution < -0.4 is 25.6 Å². The summed E-state index contributed by atoms with van der Waals surface area (Å²) in [5.74, 6) is 1.24. The fourth-order valence-electron chi connectivity index (χ4n) is 4.78. The SMILES string of the molecule is Cc1cc(Oc2ccccc2)ccc1N1C(=O)Nc2c(C(=O)NC[C@H]3CCCN3)sc3nccc1c23. The molecule has 4 heterocycles. The van der Waals surface area contributed by atoms with Gasteiger partial charge in [0.05, 0.1) is 22.4 Å². The van der Waals surface area contributed by atoms with Gasteiger partial charge >= 0.3 is 6.03 Å². The molecule has 2 aromatic heterocycles. The van der Waals surface area contributed by atoms with Crippen LogP contribution in [0, 0.1) is 6.92 Å². The summed E-state index contributed by atoms with van der Waals surface area (Å²) in [7, 11) is 0. The van der Waals surface area contributed by atoms with Crippen molar-refractivity contribution < 1.29 is 14.3 Å². The van der Waals surface area contributed by atoms with Crippen LogP contribution >= 0.6 is 11.3 Å². The largest absolute Gasteiger partial charge is 0.457 e. The molecule has 2 aliphatic heterocycles. The number of hydrogen-bond acceptors (Lipinski definition) is 6. The number of carbonyl (C=O) groups excluding carboxylic acids is 2. The van der Waals surface area contributed by atoms with Crippen LogP contribution in [-0.4, -0.2) is 36.1 Å². The molecule has 182 valence electrons. The molecule has 0 spiro atoms. The smallest absolute Gasteiger partial charge is 0.331 e. The lowest BCUT2D eigenvalue weighted by Crippen LogP contribution is -2.38. The lowest BCUT2D eigenvalue weighted by Gasteiger charge is -2.29. The number of urea groups is 1. The average Bonchev–Trinajstić information content (AvgIpc) is 3.53. The summed E-state index contributed by atoms with van der Waals surface area (Å²) in [5, 5.41) is 10.1. The number of para-hydroxylation sites is 1. The number of carbonyl (C=O) groups is 2. The van der Waals surface area contributed by atoms with Crippen molar-refractivity contribution in [1.82, 2.24) is 15.6 Å². The van der Waals surface area contributed by atoms with E-state index in [1.54, 1.807) is 11.1 Å². The molecule has 0 aliphatic carbocycles. The predicted molar refractivity (Wildman–Crippen MR) is 142 cm³/mol. The molecule has 2 aliphatic rings. The number of rotatable bonds is 6. The number of nitrogens with one attached hydrogen (secondary N) is 3. The first-order chi connectivity index (χ1) is 17.6. The number of aryl methyl sites for hydroxylation is 1. The van der Waals surface area contributed by atoms with E-state index >= 15 is 0 Å². The molecule has 9 heteroatoms. The van der Waals surface area contributed by atoms with Crippen molar-refractivity contribution in [2.45, 2.75) is 25.8 Å². The van der Waals surface area contributed by atoms with Crippen molar-refractivity contribution in [2.24, 2.45) is 0 Å². The van der Waals surface area contributed by atoms with Crippen LogP contribution in [0.25, 0.3) is 10.2 Å². The molecule has 0 bridgehead atoms. The number of benzene rings is 2. The minimum atomic E-state index is -0.320. The Labute approximate surface area is 212 Å². The standard InChI is InChI=1S/C27H25N5O3S/c1-16-14-19(35-18-7-3-2-4-8-18)9-10-20(16)32-21-11-13-29-26-22(21)23(31-27(32)34)24(36-26)25(33)30-15-17-6-5-12-28-17/h2-4,7-11,13-14,17,28H,5-6,12,15H2,1H3,(H,30,33)(H,31,34)/t17-/m1/s1. The first-order valence-corrected chi connectivity index (χ1v) is 12.8. The van der Waals surface area contributed by atoms with Crippen LogP contribution in [0.2, 0.25) is 0 Å². The van der Waals surface area contributed by atoms with Gasteiger partial charge in [-0.3, -0.25) is 9.69 Å². The minimum absolute atomic E-state index is 0.194. The lowest BCUT2D eigenvalue weighted by molar-refractivity contribution is 0.0955. The van der Waals surface area contributed by atoms with Crippen molar-refractivity contribution in [3.8, 4) is 11.5 Å². The Morgan fingerprint density at radius 3 is 2.81 bits per heavy atom. The second-order valence-electron chi connectivity index (χ2n) is 8.95. The molecule has 6 rings (SSSR count). The molecule has 8 nitrogen and oxygen atoms in total. The van der Waals surface area contributed by atoms with Gasteiger partial charge in [0, 0.05) is 18.8 Å². The van der Waals surface area contributed by atoms with E-state index < -0.39 is 0 Å². The van der Waals surface area contributed by atoms with Gasteiger partial charge in [-0.1, -0.05) is 18.2 Å². The molecule has 0 unspecified atom stereocenters. The third-order valence-corrected chi connectivity index (χ3v) is 7.61. The fraction of sp³-hybridized carbons (Fsp3) is 0.222. The quantitative estimate of drug-likeness (QED) is 0.323. The molecular formula is C27H25N5O3S. The van der Waals surface area contributed by atoms with Gasteiger partial charge in [0.25, 0.3) is 5.91 Å². The zero-order chi connectivity index (χ0) is 24.6. The maximum absolute atomic E-state index is 13.4. The normalized spacial score (nSPS) is 16.8. The van der Waals surface area contributed by atoms with Crippen molar-refractivity contribution in [3.63, 3.8) is 0 Å². The van der Waals surface area contributed by atoms with E-state index in [9.17, 15) is 9.59 Å². The molecule has 0 radical (unpaired) electrons. The summed E-state index contributed by atoms with van der Waals surface area (Å²) >= 11 is 1.30. The number of amides is 3. The van der Waals surface area contributed by atoms with Gasteiger partial charge in [0.1, 0.15) is 21.2 Å². The van der Waals surface area contributed by atoms with Crippen molar-refractivity contribution in [2.75, 3.05) is 23.3 Å². The summed E-state index contributed by atoms with van der Waals surface area (Å²) in [6, 6.07) is 17.0. The first-order valence-electron chi connectivity index (χ1n) is 12.0. The Hall–Kier alpha value is -3.95. The van der Waals surface area contributed by atoms with Gasteiger partial charge in [-0.15, -0.1) is 11.3 Å². The summed E-state index contributed by atoms with van der Waals surface area (Å²) in [6.45, 7) is 3.48. The molecule has 4 aromatic rings. The lowest BCUT2D eigenvalue weighted by atomic mass is 10.1. The predicted octanol–water partition coefficient (Wildman–Crippen LogP) is 5.56. The summed E-state index contributed by atoms with van der Waals surface area (Å²) < 4.78 is 5.96. The molecule has 1 saturated heterocycles. The number of anilines is 3. The zero-order valence-corrected chi connectivity index (χ0v) is 20.5. The molecule has 3 N–H and O–H groups in total. The van der Waals surface area contributed by atoms with Gasteiger partial charge in [0.15, 0.2) is 0 Å². The van der Waals surface area contributed by atoms with Crippen LogP contribution in [0.4, 0.5) is 21.9 Å². The zero-order valence-electron chi connectivity index (χ0n) is 19.7. The van der Waals surface area contributed by atoms with E-state index in [1.165, 1.54) is 11.3 Å². The van der Waals surface area contributed by atoms with E-state index in [0.717, 1.165) is 41.8 Å². The Bertz CT molecular complexity index is 1460. The van der Waals surface area contributed by atoms with E-state index in [2.05, 4.69) is 20.9 Å². The highest BCUT2D eigenvalue weighted by atomic mass is 32.1. The molecule has 36 heavy (non-hydrogen) atoms. The highest BCUT2D eigenvalue weighted by Crippen LogP contribution is 2.46. The van der Waals surface area contributed by atoms with Crippen LogP contribution in [0.5, 0.6) is 11.5 Å². The van der Waals surface area contributed by atoms with E-state index in [0.29, 0.717) is 33.4 Å². The van der Waals surface area contributed by atoms with Gasteiger partial charge in [-0.05, 0) is 68.3 Å². The molecule has 3 amide bonds. The van der Waals surface area contributed by atoms with Crippen LogP contribution in [0.15, 0.2) is 60.8 Å². The van der Waals surface area contributed by atoms with Crippen LogP contribution in [-0.2, 0) is 0 Å². The van der Waals surface area contributed by atoms with Gasteiger partial charge in [-0.2, -0.15) is 0 Å². The Morgan fingerprint density at radius 1 is 1.17 bits per heavy atom. The second-order valence-corrected chi connectivity index (χ2v) is 9.95. The van der Waals surface area contributed by atoms with Gasteiger partial charge in [-0.25, -0.2) is 9.78 Å². The molecule has 1 fully saturated rings. The van der Waals surface area contributed by atoms with Gasteiger partial charge in [0.2, 0.25) is 0 Å². The first kappa shape index (κ1) is 22.5. The van der Waals surface area contributed by atoms with Crippen molar-refractivity contribution in [3.05, 3.63) is 71.2 Å². The van der Waals surface area contributed by atoms with Crippen molar-refractivity contribution in [1.29, 1.82) is 0 Å². The van der Waals surface area contributed by atoms with Gasteiger partial charge < -0.3 is 20.7 Å². The molecule has 1 atom stereocenters. The highest BCUT2D eigenvalue weighted by Gasteiger charge is 2.33. The highest BCUT2D eigenvalue weighted by molar-refractivity contribution is 7.21. The number of aromatic nitrogens is 1. The third kappa shape index (κ3) is 4.06. The summed E-state index contributed by atoms with van der Waals surface area (Å²) in [4.78, 5) is 33.7. The number of thiophene rings is 1. The average molecular weight is 500 g/mol.